The lowest BCUT2D eigenvalue weighted by atomic mass is 10.1. The third-order valence-corrected chi connectivity index (χ3v) is 2.39. The van der Waals surface area contributed by atoms with Crippen molar-refractivity contribution in [1.82, 2.24) is 5.32 Å². The molecule has 0 heterocycles. The maximum absolute atomic E-state index is 13.4. The summed E-state index contributed by atoms with van der Waals surface area (Å²) in [5.41, 5.74) is 0.464. The van der Waals surface area contributed by atoms with Crippen LogP contribution in [0.1, 0.15) is 5.56 Å². The van der Waals surface area contributed by atoms with Gasteiger partial charge >= 0.3 is 0 Å². The Kier molecular flexibility index (Phi) is 4.29. The fourth-order valence-electron chi connectivity index (χ4n) is 1.29. The van der Waals surface area contributed by atoms with Crippen LogP contribution in [-0.2, 0) is 6.42 Å². The van der Waals surface area contributed by atoms with Crippen molar-refractivity contribution in [3.63, 3.8) is 0 Å². The van der Waals surface area contributed by atoms with Crippen LogP contribution in [0.15, 0.2) is 6.07 Å². The monoisotopic (exact) mass is 235 g/mol. The number of likely N-dealkylation sites (N-methyl/N-ethyl adjacent to an activating group) is 1. The Bertz CT molecular complexity index is 358. The Morgan fingerprint density at radius 2 is 2.13 bits per heavy atom. The van der Waals surface area contributed by atoms with Gasteiger partial charge in [0.1, 0.15) is 10.8 Å². The van der Waals surface area contributed by atoms with Gasteiger partial charge in [-0.2, -0.15) is 0 Å². The molecule has 2 nitrogen and oxygen atoms in total. The van der Waals surface area contributed by atoms with Gasteiger partial charge in [-0.15, -0.1) is 0 Å². The van der Waals surface area contributed by atoms with E-state index in [1.165, 1.54) is 13.2 Å². The standard InChI is InChI=1S/C10H12ClF2NO/c1-14-4-3-6-5-7(12)8(11)9(13)10(6)15-2/h5,14H,3-4H2,1-2H3. The number of rotatable bonds is 4. The van der Waals surface area contributed by atoms with E-state index in [9.17, 15) is 8.78 Å². The summed E-state index contributed by atoms with van der Waals surface area (Å²) in [6.07, 6.45) is 0.477. The average Bonchev–Trinajstić information content (AvgIpc) is 2.23. The molecule has 1 aromatic rings. The molecule has 84 valence electrons. The molecule has 0 aliphatic rings. The van der Waals surface area contributed by atoms with E-state index in [2.05, 4.69) is 5.32 Å². The molecular formula is C10H12ClF2NO. The van der Waals surface area contributed by atoms with Crippen molar-refractivity contribution in [1.29, 1.82) is 0 Å². The van der Waals surface area contributed by atoms with Crippen molar-refractivity contribution in [2.75, 3.05) is 20.7 Å². The van der Waals surface area contributed by atoms with Crippen LogP contribution in [0.3, 0.4) is 0 Å². The summed E-state index contributed by atoms with van der Waals surface area (Å²) in [6.45, 7) is 0.608. The summed E-state index contributed by atoms with van der Waals surface area (Å²) in [7, 11) is 3.09. The van der Waals surface area contributed by atoms with Gasteiger partial charge in [-0.3, -0.25) is 0 Å². The molecule has 1 aromatic carbocycles. The minimum atomic E-state index is -0.842. The van der Waals surface area contributed by atoms with Gasteiger partial charge in [0.15, 0.2) is 11.6 Å². The number of nitrogens with one attached hydrogen (secondary N) is 1. The molecule has 15 heavy (non-hydrogen) atoms. The zero-order valence-electron chi connectivity index (χ0n) is 8.53. The zero-order chi connectivity index (χ0) is 11.4. The van der Waals surface area contributed by atoms with Crippen molar-refractivity contribution in [2.45, 2.75) is 6.42 Å². The van der Waals surface area contributed by atoms with E-state index >= 15 is 0 Å². The lowest BCUT2D eigenvalue weighted by Gasteiger charge is -2.10. The Hall–Kier alpha value is -0.870. The van der Waals surface area contributed by atoms with Crippen LogP contribution in [0.25, 0.3) is 0 Å². The van der Waals surface area contributed by atoms with E-state index in [1.54, 1.807) is 7.05 Å². The maximum atomic E-state index is 13.4. The summed E-state index contributed by atoms with van der Waals surface area (Å²) >= 11 is 5.42. The molecule has 0 atom stereocenters. The second-order valence-corrected chi connectivity index (χ2v) is 3.41. The summed E-state index contributed by atoms with van der Waals surface area (Å²) in [5.74, 6) is -1.59. The molecule has 1 N–H and O–H groups in total. The molecule has 0 amide bonds. The van der Waals surface area contributed by atoms with Gasteiger partial charge in [0, 0.05) is 5.56 Å². The van der Waals surface area contributed by atoms with Gasteiger partial charge in [-0.25, -0.2) is 8.78 Å². The number of ether oxygens (including phenoxy) is 1. The predicted octanol–water partition coefficient (Wildman–Crippen LogP) is 2.39. The quantitative estimate of drug-likeness (QED) is 0.810. The van der Waals surface area contributed by atoms with E-state index < -0.39 is 16.7 Å². The molecule has 0 aliphatic carbocycles. The van der Waals surface area contributed by atoms with Crippen LogP contribution >= 0.6 is 11.6 Å². The Balaban J connectivity index is 3.13. The van der Waals surface area contributed by atoms with E-state index in [0.717, 1.165) is 0 Å². The third-order valence-electron chi connectivity index (χ3n) is 2.04. The summed E-state index contributed by atoms with van der Waals surface area (Å²) in [5, 5.41) is 2.36. The number of methoxy groups -OCH3 is 1. The van der Waals surface area contributed by atoms with Gasteiger partial charge in [-0.05, 0) is 26.1 Å². The first-order chi connectivity index (χ1) is 7.11. The minimum absolute atomic E-state index is 0.0108. The Morgan fingerprint density at radius 3 is 2.67 bits per heavy atom. The van der Waals surface area contributed by atoms with Gasteiger partial charge in [0.05, 0.1) is 7.11 Å². The maximum Gasteiger partial charge on any atom is 0.186 e. The molecule has 0 unspecified atom stereocenters. The SMILES string of the molecule is CNCCc1cc(F)c(Cl)c(F)c1OC. The van der Waals surface area contributed by atoms with E-state index in [4.69, 9.17) is 16.3 Å². The van der Waals surface area contributed by atoms with Crippen molar-refractivity contribution in [2.24, 2.45) is 0 Å². The number of halogens is 3. The van der Waals surface area contributed by atoms with Crippen molar-refractivity contribution < 1.29 is 13.5 Å². The van der Waals surface area contributed by atoms with Crippen molar-refractivity contribution in [3.8, 4) is 5.75 Å². The van der Waals surface area contributed by atoms with Gasteiger partial charge in [0.2, 0.25) is 0 Å². The van der Waals surface area contributed by atoms with E-state index in [0.29, 0.717) is 18.5 Å². The van der Waals surface area contributed by atoms with E-state index in [1.807, 2.05) is 0 Å². The highest BCUT2D eigenvalue weighted by Crippen LogP contribution is 2.31. The topological polar surface area (TPSA) is 21.3 Å². The second kappa shape index (κ2) is 5.28. The fourth-order valence-corrected chi connectivity index (χ4v) is 1.43. The predicted molar refractivity (Wildman–Crippen MR) is 55.6 cm³/mol. The molecule has 0 bridgehead atoms. The molecule has 1 rings (SSSR count). The van der Waals surface area contributed by atoms with E-state index in [-0.39, 0.29) is 5.75 Å². The summed E-state index contributed by atoms with van der Waals surface area (Å²) < 4.78 is 31.4. The van der Waals surface area contributed by atoms with Crippen LogP contribution in [0.4, 0.5) is 8.78 Å². The molecule has 0 fully saturated rings. The van der Waals surface area contributed by atoms with Crippen molar-refractivity contribution >= 4 is 11.6 Å². The van der Waals surface area contributed by atoms with Crippen LogP contribution in [0.5, 0.6) is 5.75 Å². The lowest BCUT2D eigenvalue weighted by molar-refractivity contribution is 0.378. The molecule has 0 spiro atoms. The number of hydrogen-bond acceptors (Lipinski definition) is 2. The Morgan fingerprint density at radius 1 is 1.47 bits per heavy atom. The molecule has 5 heteroatoms. The highest BCUT2D eigenvalue weighted by atomic mass is 35.5. The normalized spacial score (nSPS) is 10.5. The third kappa shape index (κ3) is 2.58. The highest BCUT2D eigenvalue weighted by molar-refractivity contribution is 6.31. The number of hydrogen-bond donors (Lipinski definition) is 1. The molecule has 0 aromatic heterocycles. The molecule has 0 saturated carbocycles. The summed E-state index contributed by atoms with van der Waals surface area (Å²) in [4.78, 5) is 0. The first-order valence-corrected chi connectivity index (χ1v) is 4.84. The molecule has 0 aliphatic heterocycles. The first kappa shape index (κ1) is 12.2. The smallest absolute Gasteiger partial charge is 0.186 e. The van der Waals surface area contributed by atoms with Crippen LogP contribution < -0.4 is 10.1 Å². The average molecular weight is 236 g/mol. The molecule has 0 radical (unpaired) electrons. The fraction of sp³-hybridized carbons (Fsp3) is 0.400. The summed E-state index contributed by atoms with van der Waals surface area (Å²) in [6, 6.07) is 1.20. The van der Waals surface area contributed by atoms with Gasteiger partial charge < -0.3 is 10.1 Å². The second-order valence-electron chi connectivity index (χ2n) is 3.03. The minimum Gasteiger partial charge on any atom is -0.493 e. The van der Waals surface area contributed by atoms with Crippen molar-refractivity contribution in [3.05, 3.63) is 28.3 Å². The molecular weight excluding hydrogens is 224 g/mol. The van der Waals surface area contributed by atoms with Gasteiger partial charge in [-0.1, -0.05) is 11.6 Å². The molecule has 0 saturated heterocycles. The lowest BCUT2D eigenvalue weighted by Crippen LogP contribution is -2.11. The first-order valence-electron chi connectivity index (χ1n) is 4.46. The Labute approximate surface area is 92.2 Å². The van der Waals surface area contributed by atoms with Crippen LogP contribution in [-0.4, -0.2) is 20.7 Å². The zero-order valence-corrected chi connectivity index (χ0v) is 9.29. The van der Waals surface area contributed by atoms with Crippen LogP contribution in [0, 0.1) is 11.6 Å². The largest absolute Gasteiger partial charge is 0.493 e. The highest BCUT2D eigenvalue weighted by Gasteiger charge is 2.17. The van der Waals surface area contributed by atoms with Gasteiger partial charge in [0.25, 0.3) is 0 Å². The number of benzene rings is 1. The van der Waals surface area contributed by atoms with Crippen LogP contribution in [0.2, 0.25) is 5.02 Å².